The van der Waals surface area contributed by atoms with Crippen LogP contribution in [0.1, 0.15) is 25.7 Å². The van der Waals surface area contributed by atoms with E-state index in [0.29, 0.717) is 0 Å². The predicted molar refractivity (Wildman–Crippen MR) is 46.6 cm³/mol. The Morgan fingerprint density at radius 1 is 1.45 bits per heavy atom. The quantitative estimate of drug-likeness (QED) is 0.370. The maximum Gasteiger partial charge on any atom is 0.0388 e. The number of hydrogen-bond donors (Lipinski definition) is 1. The maximum atomic E-state index is 8.12. The second-order valence-electron chi connectivity index (χ2n) is 2.79. The third-order valence-electron chi connectivity index (χ3n) is 1.90. The van der Waals surface area contributed by atoms with Crippen molar-refractivity contribution in [2.75, 3.05) is 0 Å². The van der Waals surface area contributed by atoms with Gasteiger partial charge < -0.3 is 5.73 Å². The third-order valence-corrected chi connectivity index (χ3v) is 1.90. The smallest absolute Gasteiger partial charge is 0.0388 e. The van der Waals surface area contributed by atoms with Crippen molar-refractivity contribution in [2.24, 2.45) is 10.8 Å². The molecule has 0 aliphatic heterocycles. The summed E-state index contributed by atoms with van der Waals surface area (Å²) in [6.07, 6.45) is 4.06. The fraction of sp³-hybridized carbons (Fsp3) is 1.00. The molecule has 2 atom stereocenters. The average molecular weight is 177 g/mol. The lowest BCUT2D eigenvalue weighted by Crippen LogP contribution is -2.29. The molecule has 0 radical (unpaired) electrons. The summed E-state index contributed by atoms with van der Waals surface area (Å²) in [5.74, 6) is 0. The van der Waals surface area contributed by atoms with Crippen molar-refractivity contribution < 1.29 is 0 Å². The van der Waals surface area contributed by atoms with Crippen LogP contribution in [0.5, 0.6) is 0 Å². The van der Waals surface area contributed by atoms with Crippen molar-refractivity contribution >= 4 is 12.4 Å². The van der Waals surface area contributed by atoms with Crippen LogP contribution >= 0.6 is 12.4 Å². The molecule has 0 aromatic carbocycles. The Bertz CT molecular complexity index is 155. The number of azide groups is 1. The van der Waals surface area contributed by atoms with Gasteiger partial charge in [-0.3, -0.25) is 0 Å². The minimum absolute atomic E-state index is 0. The molecule has 0 aromatic rings. The Hall–Kier alpha value is -0.440. The van der Waals surface area contributed by atoms with E-state index in [4.69, 9.17) is 11.3 Å². The molecule has 4 nitrogen and oxygen atoms in total. The molecule has 64 valence electrons. The molecule has 5 heteroatoms. The number of nitrogens with zero attached hydrogens (tertiary/aromatic N) is 3. The summed E-state index contributed by atoms with van der Waals surface area (Å²) in [4.78, 5) is 2.76. The molecular weight excluding hydrogens is 164 g/mol. The molecule has 1 fully saturated rings. The molecule has 1 saturated carbocycles. The van der Waals surface area contributed by atoms with Gasteiger partial charge in [0.05, 0.1) is 0 Å². The molecule has 0 bridgehead atoms. The van der Waals surface area contributed by atoms with Crippen LogP contribution in [0.3, 0.4) is 0 Å². The first kappa shape index (κ1) is 10.6. The maximum absolute atomic E-state index is 8.12. The van der Waals surface area contributed by atoms with Crippen molar-refractivity contribution in [3.63, 3.8) is 0 Å². The van der Waals surface area contributed by atoms with Crippen LogP contribution in [0.15, 0.2) is 5.11 Å². The van der Waals surface area contributed by atoms with E-state index in [9.17, 15) is 0 Å². The molecule has 0 amide bonds. The molecular formula is C6H13ClN4. The van der Waals surface area contributed by atoms with Gasteiger partial charge in [0.1, 0.15) is 0 Å². The minimum atomic E-state index is 0. The molecule has 0 aromatic heterocycles. The van der Waals surface area contributed by atoms with E-state index < -0.39 is 0 Å². The van der Waals surface area contributed by atoms with Gasteiger partial charge in [0.2, 0.25) is 0 Å². The fourth-order valence-electron chi connectivity index (χ4n) is 1.38. The van der Waals surface area contributed by atoms with Gasteiger partial charge in [-0.25, -0.2) is 0 Å². The normalized spacial score (nSPS) is 29.9. The monoisotopic (exact) mass is 176 g/mol. The lowest BCUT2D eigenvalue weighted by molar-refractivity contribution is 0.392. The Kier molecular flexibility index (Phi) is 5.03. The van der Waals surface area contributed by atoms with Crippen molar-refractivity contribution in [3.05, 3.63) is 10.4 Å². The summed E-state index contributed by atoms with van der Waals surface area (Å²) < 4.78 is 0. The van der Waals surface area contributed by atoms with Crippen LogP contribution in [-0.4, -0.2) is 12.1 Å². The Balaban J connectivity index is 0.000001000. The van der Waals surface area contributed by atoms with Crippen LogP contribution in [0, 0.1) is 0 Å². The zero-order valence-corrected chi connectivity index (χ0v) is 7.13. The highest BCUT2D eigenvalue weighted by molar-refractivity contribution is 5.85. The van der Waals surface area contributed by atoms with E-state index in [-0.39, 0.29) is 24.5 Å². The van der Waals surface area contributed by atoms with Gasteiger partial charge in [0.15, 0.2) is 0 Å². The van der Waals surface area contributed by atoms with Crippen molar-refractivity contribution in [1.82, 2.24) is 0 Å². The molecule has 1 rings (SSSR count). The Morgan fingerprint density at radius 3 is 2.73 bits per heavy atom. The number of rotatable bonds is 1. The van der Waals surface area contributed by atoms with E-state index >= 15 is 0 Å². The molecule has 2 N–H and O–H groups in total. The van der Waals surface area contributed by atoms with Gasteiger partial charge in [-0.15, -0.1) is 12.4 Å². The molecule has 1 aliphatic carbocycles. The molecule has 0 spiro atoms. The Labute approximate surface area is 72.2 Å². The summed E-state index contributed by atoms with van der Waals surface area (Å²) >= 11 is 0. The zero-order valence-electron chi connectivity index (χ0n) is 6.31. The Morgan fingerprint density at radius 2 is 2.18 bits per heavy atom. The summed E-state index contributed by atoms with van der Waals surface area (Å²) in [6.45, 7) is 0. The van der Waals surface area contributed by atoms with Crippen molar-refractivity contribution in [3.8, 4) is 0 Å². The topological polar surface area (TPSA) is 74.8 Å². The van der Waals surface area contributed by atoms with Crippen LogP contribution in [-0.2, 0) is 0 Å². The highest BCUT2D eigenvalue weighted by Gasteiger charge is 2.17. The van der Waals surface area contributed by atoms with Crippen molar-refractivity contribution in [2.45, 2.75) is 37.8 Å². The summed E-state index contributed by atoms with van der Waals surface area (Å²) in [5, 5.41) is 3.63. The summed E-state index contributed by atoms with van der Waals surface area (Å²) in [6, 6.07) is 0.415. The minimum Gasteiger partial charge on any atom is -0.328 e. The first-order valence-electron chi connectivity index (χ1n) is 3.62. The second-order valence-corrected chi connectivity index (χ2v) is 2.79. The largest absolute Gasteiger partial charge is 0.328 e. The third kappa shape index (κ3) is 3.46. The van der Waals surface area contributed by atoms with Crippen LogP contribution in [0.4, 0.5) is 0 Å². The van der Waals surface area contributed by atoms with Gasteiger partial charge in [-0.1, -0.05) is 11.5 Å². The van der Waals surface area contributed by atoms with E-state index in [0.717, 1.165) is 25.7 Å². The molecule has 1 aliphatic rings. The van der Waals surface area contributed by atoms with Crippen LogP contribution < -0.4 is 5.73 Å². The fourth-order valence-corrected chi connectivity index (χ4v) is 1.38. The van der Waals surface area contributed by atoms with Gasteiger partial charge in [0, 0.05) is 17.0 Å². The van der Waals surface area contributed by atoms with E-state index in [1.54, 1.807) is 0 Å². The van der Waals surface area contributed by atoms with Gasteiger partial charge >= 0.3 is 0 Å². The second kappa shape index (κ2) is 5.24. The highest BCUT2D eigenvalue weighted by Crippen LogP contribution is 2.19. The van der Waals surface area contributed by atoms with E-state index in [1.807, 2.05) is 0 Å². The van der Waals surface area contributed by atoms with Crippen LogP contribution in [0.25, 0.3) is 10.4 Å². The van der Waals surface area contributed by atoms with Crippen LogP contribution in [0.2, 0.25) is 0 Å². The van der Waals surface area contributed by atoms with Gasteiger partial charge in [0.25, 0.3) is 0 Å². The zero-order chi connectivity index (χ0) is 7.40. The molecule has 0 heterocycles. The molecule has 0 saturated heterocycles. The van der Waals surface area contributed by atoms with E-state index in [2.05, 4.69) is 10.0 Å². The SMILES string of the molecule is Cl.[N-]=[N+]=N[C@H]1CCC[C@H](N)C1. The lowest BCUT2D eigenvalue weighted by atomic mass is 9.92. The summed E-state index contributed by atoms with van der Waals surface area (Å²) in [5.41, 5.74) is 13.8. The molecule has 11 heavy (non-hydrogen) atoms. The van der Waals surface area contributed by atoms with Gasteiger partial charge in [-0.05, 0) is 24.8 Å². The first-order valence-corrected chi connectivity index (χ1v) is 3.62. The van der Waals surface area contributed by atoms with Gasteiger partial charge in [-0.2, -0.15) is 0 Å². The average Bonchev–Trinajstić information content (AvgIpc) is 1.88. The first-order chi connectivity index (χ1) is 4.83. The number of nitrogens with two attached hydrogens (primary N) is 1. The number of halogens is 1. The standard InChI is InChI=1S/C6H12N4.ClH/c7-5-2-1-3-6(4-5)9-10-8;/h5-6H,1-4,7H2;1H/t5-,6-;/m0./s1. The summed E-state index contributed by atoms with van der Waals surface area (Å²) in [7, 11) is 0. The lowest BCUT2D eigenvalue weighted by Gasteiger charge is -2.22. The number of hydrogen-bond acceptors (Lipinski definition) is 2. The predicted octanol–water partition coefficient (Wildman–Crippen LogP) is 1.99. The highest BCUT2D eigenvalue weighted by atomic mass is 35.5. The van der Waals surface area contributed by atoms with Crippen molar-refractivity contribution in [1.29, 1.82) is 0 Å². The van der Waals surface area contributed by atoms with E-state index in [1.165, 1.54) is 0 Å². The molecule has 0 unspecified atom stereocenters.